The van der Waals surface area contributed by atoms with E-state index in [2.05, 4.69) is 0 Å². The molecule has 2 heterocycles. The van der Waals surface area contributed by atoms with Gasteiger partial charge in [0, 0.05) is 11.5 Å². The number of imide groups is 1. The topological polar surface area (TPSA) is 104 Å². The number of urea groups is 1. The zero-order chi connectivity index (χ0) is 18.2. The molecule has 26 heavy (non-hydrogen) atoms. The lowest BCUT2D eigenvalue weighted by Gasteiger charge is -2.29. The molecule has 1 aliphatic carbocycles. The Morgan fingerprint density at radius 3 is 2.54 bits per heavy atom. The minimum absolute atomic E-state index is 0.0271. The highest BCUT2D eigenvalue weighted by atomic mass is 16.6. The summed E-state index contributed by atoms with van der Waals surface area (Å²) in [5, 5.41) is 22.3. The number of aliphatic hydroxyl groups is 1. The van der Waals surface area contributed by atoms with Crippen molar-refractivity contribution in [3.05, 3.63) is 46.5 Å². The summed E-state index contributed by atoms with van der Waals surface area (Å²) in [6, 6.07) is 8.14. The fourth-order valence-electron chi connectivity index (χ4n) is 4.79. The smallest absolute Gasteiger partial charge is 0.332 e. The summed E-state index contributed by atoms with van der Waals surface area (Å²) in [5.41, 5.74) is 0.281. The number of hydrogen-bond acceptors (Lipinski definition) is 5. The van der Waals surface area contributed by atoms with Gasteiger partial charge in [0.05, 0.1) is 28.1 Å². The first kappa shape index (κ1) is 15.3. The minimum atomic E-state index is -0.596. The molecule has 2 aromatic rings. The summed E-state index contributed by atoms with van der Waals surface area (Å²) in [7, 11) is 0. The van der Waals surface area contributed by atoms with E-state index in [4.69, 9.17) is 0 Å². The minimum Gasteiger partial charge on any atom is -0.391 e. The monoisotopic (exact) mass is 353 g/mol. The average Bonchev–Trinajstić information content (AvgIpc) is 3.25. The van der Waals surface area contributed by atoms with Crippen molar-refractivity contribution in [3.63, 3.8) is 0 Å². The van der Waals surface area contributed by atoms with Crippen molar-refractivity contribution in [1.82, 2.24) is 4.90 Å². The van der Waals surface area contributed by atoms with E-state index >= 15 is 0 Å². The van der Waals surface area contributed by atoms with Gasteiger partial charge in [-0.2, -0.15) is 0 Å². The number of anilines is 1. The molecule has 2 bridgehead atoms. The van der Waals surface area contributed by atoms with Crippen LogP contribution in [-0.2, 0) is 4.79 Å². The molecule has 1 N–H and O–H groups in total. The Balaban J connectivity index is 1.66. The van der Waals surface area contributed by atoms with Crippen molar-refractivity contribution >= 4 is 34.1 Å². The van der Waals surface area contributed by atoms with Gasteiger partial charge in [0.2, 0.25) is 0 Å². The first-order valence-corrected chi connectivity index (χ1v) is 8.49. The third kappa shape index (κ3) is 1.76. The standard InChI is InChI=1S/C18H15N3O5/c22-15-8-9-7-14(15)19-16(9)17(23)20(18(19)24)12-5-6-13(21(25)26)11-4-2-1-3-10(11)12/h1-6,9,14-16,22H,7-8H2/t9-,14+,15-,16-/m0/s1. The molecule has 2 aromatic carbocycles. The Bertz CT molecular complexity index is 990. The first-order valence-electron chi connectivity index (χ1n) is 8.49. The molecule has 3 fully saturated rings. The number of piperidine rings is 1. The highest BCUT2D eigenvalue weighted by molar-refractivity contribution is 6.25. The second-order valence-electron chi connectivity index (χ2n) is 7.08. The van der Waals surface area contributed by atoms with E-state index in [-0.39, 0.29) is 23.6 Å². The van der Waals surface area contributed by atoms with Crippen LogP contribution in [0.1, 0.15) is 12.8 Å². The molecule has 8 heteroatoms. The average molecular weight is 353 g/mol. The fraction of sp³-hybridized carbons (Fsp3) is 0.333. The van der Waals surface area contributed by atoms with E-state index in [1.165, 1.54) is 17.0 Å². The summed E-state index contributed by atoms with van der Waals surface area (Å²) >= 11 is 0. The quantitative estimate of drug-likeness (QED) is 0.505. The van der Waals surface area contributed by atoms with Crippen LogP contribution in [0.25, 0.3) is 10.8 Å². The lowest BCUT2D eigenvalue weighted by molar-refractivity contribution is -0.383. The second-order valence-corrected chi connectivity index (χ2v) is 7.08. The molecule has 3 aliphatic rings. The number of hydrogen-bond donors (Lipinski definition) is 1. The molecule has 1 saturated carbocycles. The van der Waals surface area contributed by atoms with Gasteiger partial charge in [-0.3, -0.25) is 14.9 Å². The summed E-state index contributed by atoms with van der Waals surface area (Å²) in [6.45, 7) is 0. The Kier molecular flexibility index (Phi) is 2.94. The molecular weight excluding hydrogens is 338 g/mol. The number of aliphatic hydroxyl groups excluding tert-OH is 1. The predicted molar refractivity (Wildman–Crippen MR) is 91.6 cm³/mol. The number of benzene rings is 2. The highest BCUT2D eigenvalue weighted by Crippen LogP contribution is 2.48. The van der Waals surface area contributed by atoms with Gasteiger partial charge < -0.3 is 10.0 Å². The zero-order valence-corrected chi connectivity index (χ0v) is 13.6. The number of non-ortho nitro benzene ring substituents is 1. The Morgan fingerprint density at radius 2 is 1.81 bits per heavy atom. The van der Waals surface area contributed by atoms with Gasteiger partial charge >= 0.3 is 6.03 Å². The van der Waals surface area contributed by atoms with Gasteiger partial charge in [0.25, 0.3) is 11.6 Å². The van der Waals surface area contributed by atoms with Crippen molar-refractivity contribution in [2.45, 2.75) is 31.0 Å². The van der Waals surface area contributed by atoms with Crippen molar-refractivity contribution in [2.24, 2.45) is 5.92 Å². The van der Waals surface area contributed by atoms with Crippen molar-refractivity contribution in [1.29, 1.82) is 0 Å². The van der Waals surface area contributed by atoms with Gasteiger partial charge in [0.15, 0.2) is 0 Å². The van der Waals surface area contributed by atoms with Crippen LogP contribution in [0.2, 0.25) is 0 Å². The number of rotatable bonds is 2. The SMILES string of the molecule is O=C1[C@@H]2[C@H]3C[C@H]([C@@H](O)C3)N2C(=O)N1c1ccc([N+](=O)[O-])c2ccccc12. The summed E-state index contributed by atoms with van der Waals surface area (Å²) in [5.74, 6) is -0.339. The van der Waals surface area contributed by atoms with E-state index in [9.17, 15) is 24.8 Å². The molecule has 8 nitrogen and oxygen atoms in total. The molecule has 2 aliphatic heterocycles. The van der Waals surface area contributed by atoms with Gasteiger partial charge in [-0.1, -0.05) is 18.2 Å². The Hall–Kier alpha value is -3.00. The van der Waals surface area contributed by atoms with E-state index in [0.29, 0.717) is 29.3 Å². The maximum absolute atomic E-state index is 13.0. The number of fused-ring (bicyclic) bond motifs is 6. The predicted octanol–water partition coefficient (Wildman–Crippen LogP) is 2.04. The van der Waals surface area contributed by atoms with Crippen LogP contribution < -0.4 is 4.90 Å². The molecule has 132 valence electrons. The fourth-order valence-corrected chi connectivity index (χ4v) is 4.79. The number of nitrogens with zero attached hydrogens (tertiary/aromatic N) is 3. The molecule has 5 rings (SSSR count). The van der Waals surface area contributed by atoms with Crippen LogP contribution in [0.5, 0.6) is 0 Å². The van der Waals surface area contributed by atoms with Gasteiger partial charge in [-0.25, -0.2) is 9.69 Å². The third-order valence-corrected chi connectivity index (χ3v) is 5.84. The summed E-state index contributed by atoms with van der Waals surface area (Å²) < 4.78 is 0. The van der Waals surface area contributed by atoms with E-state index in [1.54, 1.807) is 24.3 Å². The molecule has 2 saturated heterocycles. The van der Waals surface area contributed by atoms with Crippen LogP contribution in [-0.4, -0.2) is 45.1 Å². The Morgan fingerprint density at radius 1 is 1.08 bits per heavy atom. The molecule has 4 atom stereocenters. The first-order chi connectivity index (χ1) is 12.5. The van der Waals surface area contributed by atoms with Crippen molar-refractivity contribution in [3.8, 4) is 0 Å². The summed E-state index contributed by atoms with van der Waals surface area (Å²) in [6.07, 6.45) is 0.583. The number of nitro groups is 1. The zero-order valence-electron chi connectivity index (χ0n) is 13.6. The number of carbonyl (C=O) groups is 2. The van der Waals surface area contributed by atoms with Gasteiger partial charge in [-0.15, -0.1) is 0 Å². The molecule has 0 spiro atoms. The third-order valence-electron chi connectivity index (χ3n) is 5.84. The number of carbonyl (C=O) groups excluding carboxylic acids is 2. The normalized spacial score (nSPS) is 29.7. The van der Waals surface area contributed by atoms with Gasteiger partial charge in [-0.05, 0) is 30.9 Å². The van der Waals surface area contributed by atoms with E-state index in [1.807, 2.05) is 0 Å². The van der Waals surface area contributed by atoms with Crippen LogP contribution in [0.15, 0.2) is 36.4 Å². The maximum atomic E-state index is 13.0. The lowest BCUT2D eigenvalue weighted by Crippen LogP contribution is -2.47. The van der Waals surface area contributed by atoms with Gasteiger partial charge in [0.1, 0.15) is 6.04 Å². The van der Waals surface area contributed by atoms with E-state index < -0.39 is 23.1 Å². The second kappa shape index (κ2) is 5.01. The van der Waals surface area contributed by atoms with Crippen LogP contribution in [0.4, 0.5) is 16.2 Å². The molecule has 0 radical (unpaired) electrons. The van der Waals surface area contributed by atoms with Crippen LogP contribution >= 0.6 is 0 Å². The van der Waals surface area contributed by atoms with Crippen molar-refractivity contribution < 1.29 is 19.6 Å². The molecule has 3 amide bonds. The molecule has 0 unspecified atom stereocenters. The molecular formula is C18H15N3O5. The lowest BCUT2D eigenvalue weighted by atomic mass is 9.98. The van der Waals surface area contributed by atoms with Crippen molar-refractivity contribution in [2.75, 3.05) is 4.90 Å². The maximum Gasteiger partial charge on any atom is 0.332 e. The number of amides is 3. The summed E-state index contributed by atoms with van der Waals surface area (Å²) in [4.78, 5) is 39.4. The largest absolute Gasteiger partial charge is 0.391 e. The Labute approximate surface area is 147 Å². The number of nitro benzene ring substituents is 1. The van der Waals surface area contributed by atoms with Crippen LogP contribution in [0.3, 0.4) is 0 Å². The molecule has 0 aromatic heterocycles. The van der Waals surface area contributed by atoms with E-state index in [0.717, 1.165) is 4.90 Å². The highest BCUT2D eigenvalue weighted by Gasteiger charge is 2.62. The van der Waals surface area contributed by atoms with Crippen LogP contribution in [0, 0.1) is 16.0 Å².